The molecular formula is C10H10Cl2N2O2S. The SMILES string of the molecule is CC(NS(=O)(=O)CC#N)c1ccc(Cl)cc1Cl. The standard InChI is InChI=1S/C10H10Cl2N2O2S/c1-7(14-17(15,16)5-4-13)9-3-2-8(11)6-10(9)12/h2-3,6-7,14H,5H2,1H3. The Morgan fingerprint density at radius 1 is 1.47 bits per heavy atom. The first-order valence-electron chi connectivity index (χ1n) is 4.67. The summed E-state index contributed by atoms with van der Waals surface area (Å²) in [4.78, 5) is 0. The van der Waals surface area contributed by atoms with Crippen LogP contribution in [0.1, 0.15) is 18.5 Å². The third-order valence-electron chi connectivity index (χ3n) is 2.04. The minimum absolute atomic E-state index is 0.379. The minimum atomic E-state index is -3.61. The Morgan fingerprint density at radius 3 is 2.65 bits per heavy atom. The molecule has 92 valence electrons. The molecule has 0 radical (unpaired) electrons. The third kappa shape index (κ3) is 4.17. The van der Waals surface area contributed by atoms with Crippen LogP contribution in [0.15, 0.2) is 18.2 Å². The Hall–Kier alpha value is -0.800. The molecule has 0 saturated heterocycles. The topological polar surface area (TPSA) is 70.0 Å². The van der Waals surface area contributed by atoms with E-state index < -0.39 is 21.8 Å². The second-order valence-electron chi connectivity index (χ2n) is 3.42. The lowest BCUT2D eigenvalue weighted by atomic mass is 10.1. The summed E-state index contributed by atoms with van der Waals surface area (Å²) in [5, 5.41) is 9.22. The lowest BCUT2D eigenvalue weighted by Gasteiger charge is -2.14. The zero-order chi connectivity index (χ0) is 13.1. The van der Waals surface area contributed by atoms with E-state index in [0.717, 1.165) is 0 Å². The molecule has 1 unspecified atom stereocenters. The smallest absolute Gasteiger partial charge is 0.211 e. The van der Waals surface area contributed by atoms with Crippen molar-refractivity contribution in [3.63, 3.8) is 0 Å². The molecule has 0 fully saturated rings. The number of nitrogens with zero attached hydrogens (tertiary/aromatic N) is 1. The first kappa shape index (κ1) is 14.3. The minimum Gasteiger partial charge on any atom is -0.211 e. The number of benzene rings is 1. The van der Waals surface area contributed by atoms with Gasteiger partial charge in [0, 0.05) is 16.1 Å². The molecule has 0 heterocycles. The molecule has 0 spiro atoms. The predicted octanol–water partition coefficient (Wildman–Crippen LogP) is 2.50. The molecule has 0 aromatic heterocycles. The third-order valence-corrected chi connectivity index (χ3v) is 3.82. The van der Waals surface area contributed by atoms with Crippen LogP contribution in [-0.4, -0.2) is 14.2 Å². The predicted molar refractivity (Wildman–Crippen MR) is 67.4 cm³/mol. The van der Waals surface area contributed by atoms with Gasteiger partial charge in [0.25, 0.3) is 0 Å². The van der Waals surface area contributed by atoms with Crippen molar-refractivity contribution in [3.05, 3.63) is 33.8 Å². The Labute approximate surface area is 110 Å². The lowest BCUT2D eigenvalue weighted by molar-refractivity contribution is 0.570. The van der Waals surface area contributed by atoms with Crippen LogP contribution in [0.25, 0.3) is 0 Å². The first-order valence-corrected chi connectivity index (χ1v) is 7.08. The van der Waals surface area contributed by atoms with Crippen LogP contribution in [-0.2, 0) is 10.0 Å². The highest BCUT2D eigenvalue weighted by Gasteiger charge is 2.17. The summed E-state index contributed by atoms with van der Waals surface area (Å²) < 4.78 is 25.1. The normalized spacial score (nSPS) is 13.1. The van der Waals surface area contributed by atoms with E-state index in [9.17, 15) is 8.42 Å². The fraction of sp³-hybridized carbons (Fsp3) is 0.300. The van der Waals surface area contributed by atoms with Crippen molar-refractivity contribution in [1.29, 1.82) is 5.26 Å². The zero-order valence-electron chi connectivity index (χ0n) is 8.94. The fourth-order valence-electron chi connectivity index (χ4n) is 1.31. The average Bonchev–Trinajstić information content (AvgIpc) is 2.15. The number of hydrogen-bond acceptors (Lipinski definition) is 3. The molecule has 1 aromatic rings. The number of nitriles is 1. The van der Waals surface area contributed by atoms with E-state index >= 15 is 0 Å². The van der Waals surface area contributed by atoms with Crippen molar-refractivity contribution >= 4 is 33.2 Å². The van der Waals surface area contributed by atoms with Crippen LogP contribution in [0.5, 0.6) is 0 Å². The molecule has 1 rings (SSSR count). The van der Waals surface area contributed by atoms with E-state index in [2.05, 4.69) is 4.72 Å². The van der Waals surface area contributed by atoms with Gasteiger partial charge in [0.2, 0.25) is 10.0 Å². The quantitative estimate of drug-likeness (QED) is 0.927. The van der Waals surface area contributed by atoms with Crippen molar-refractivity contribution in [2.45, 2.75) is 13.0 Å². The summed E-state index contributed by atoms with van der Waals surface area (Å²) in [6.45, 7) is 1.64. The number of rotatable bonds is 4. The number of nitrogens with one attached hydrogen (secondary N) is 1. The molecule has 1 aromatic carbocycles. The highest BCUT2D eigenvalue weighted by Crippen LogP contribution is 2.26. The van der Waals surface area contributed by atoms with Crippen LogP contribution in [0.2, 0.25) is 10.0 Å². The van der Waals surface area contributed by atoms with Gasteiger partial charge < -0.3 is 0 Å². The fourth-order valence-corrected chi connectivity index (χ4v) is 2.80. The molecular weight excluding hydrogens is 283 g/mol. The molecule has 1 N–H and O–H groups in total. The van der Waals surface area contributed by atoms with Crippen molar-refractivity contribution < 1.29 is 8.42 Å². The van der Waals surface area contributed by atoms with Crippen molar-refractivity contribution in [2.24, 2.45) is 0 Å². The van der Waals surface area contributed by atoms with Crippen LogP contribution in [0.4, 0.5) is 0 Å². The maximum atomic E-state index is 11.4. The second-order valence-corrected chi connectivity index (χ2v) is 6.02. The van der Waals surface area contributed by atoms with Gasteiger partial charge in [0.1, 0.15) is 0 Å². The summed E-state index contributed by atoms with van der Waals surface area (Å²) in [7, 11) is -3.61. The molecule has 7 heteroatoms. The maximum absolute atomic E-state index is 11.4. The Bertz CT molecular complexity index is 552. The van der Waals surface area contributed by atoms with Crippen molar-refractivity contribution in [1.82, 2.24) is 4.72 Å². The maximum Gasteiger partial charge on any atom is 0.225 e. The molecule has 0 aliphatic heterocycles. The first-order chi connectivity index (χ1) is 7.85. The van der Waals surface area contributed by atoms with E-state index in [0.29, 0.717) is 15.6 Å². The van der Waals surface area contributed by atoms with Crippen LogP contribution in [0, 0.1) is 11.3 Å². The van der Waals surface area contributed by atoms with E-state index in [4.69, 9.17) is 28.5 Å². The van der Waals surface area contributed by atoms with E-state index in [1.54, 1.807) is 25.1 Å². The second kappa shape index (κ2) is 5.69. The van der Waals surface area contributed by atoms with Gasteiger partial charge in [-0.3, -0.25) is 0 Å². The summed E-state index contributed by atoms with van der Waals surface area (Å²) in [5.74, 6) is -0.581. The Morgan fingerprint density at radius 2 is 2.12 bits per heavy atom. The highest BCUT2D eigenvalue weighted by molar-refractivity contribution is 7.89. The monoisotopic (exact) mass is 292 g/mol. The van der Waals surface area contributed by atoms with Gasteiger partial charge in [-0.2, -0.15) is 5.26 Å². The number of halogens is 2. The van der Waals surface area contributed by atoms with Gasteiger partial charge in [-0.05, 0) is 24.6 Å². The molecule has 4 nitrogen and oxygen atoms in total. The molecule has 0 bridgehead atoms. The van der Waals surface area contributed by atoms with Gasteiger partial charge in [-0.25, -0.2) is 13.1 Å². The van der Waals surface area contributed by atoms with Crippen LogP contribution in [0.3, 0.4) is 0 Å². The Balaban J connectivity index is 2.91. The average molecular weight is 293 g/mol. The highest BCUT2D eigenvalue weighted by atomic mass is 35.5. The van der Waals surface area contributed by atoms with Crippen molar-refractivity contribution in [2.75, 3.05) is 5.75 Å². The number of sulfonamides is 1. The zero-order valence-corrected chi connectivity index (χ0v) is 11.3. The molecule has 0 amide bonds. The lowest BCUT2D eigenvalue weighted by Crippen LogP contribution is -2.28. The van der Waals surface area contributed by atoms with Gasteiger partial charge in [-0.15, -0.1) is 0 Å². The van der Waals surface area contributed by atoms with E-state index in [-0.39, 0.29) is 0 Å². The Kier molecular flexibility index (Phi) is 4.78. The largest absolute Gasteiger partial charge is 0.225 e. The summed E-state index contributed by atoms with van der Waals surface area (Å²) in [6.07, 6.45) is 0. The van der Waals surface area contributed by atoms with Gasteiger partial charge in [-0.1, -0.05) is 29.3 Å². The van der Waals surface area contributed by atoms with Crippen LogP contribution < -0.4 is 4.72 Å². The molecule has 0 saturated carbocycles. The molecule has 0 aliphatic carbocycles. The number of hydrogen-bond donors (Lipinski definition) is 1. The summed E-state index contributed by atoms with van der Waals surface area (Å²) in [6, 6.07) is 5.87. The van der Waals surface area contributed by atoms with Gasteiger partial charge in [0.15, 0.2) is 5.75 Å². The van der Waals surface area contributed by atoms with Crippen molar-refractivity contribution in [3.8, 4) is 6.07 Å². The van der Waals surface area contributed by atoms with E-state index in [1.807, 2.05) is 0 Å². The molecule has 1 atom stereocenters. The summed E-state index contributed by atoms with van der Waals surface area (Å²) >= 11 is 11.7. The van der Waals surface area contributed by atoms with Crippen LogP contribution >= 0.6 is 23.2 Å². The summed E-state index contributed by atoms with van der Waals surface area (Å²) in [5.41, 5.74) is 0.609. The van der Waals surface area contributed by atoms with E-state index in [1.165, 1.54) is 6.07 Å². The molecule has 17 heavy (non-hydrogen) atoms. The molecule has 0 aliphatic rings. The van der Waals surface area contributed by atoms with Gasteiger partial charge >= 0.3 is 0 Å². The van der Waals surface area contributed by atoms with Gasteiger partial charge in [0.05, 0.1) is 6.07 Å².